The van der Waals surface area contributed by atoms with Crippen LogP contribution in [0.1, 0.15) is 23.1 Å². The second-order valence-corrected chi connectivity index (χ2v) is 8.45. The van der Waals surface area contributed by atoms with Crippen LogP contribution in [0.3, 0.4) is 0 Å². The van der Waals surface area contributed by atoms with Crippen molar-refractivity contribution in [3.05, 3.63) is 108 Å². The Morgan fingerprint density at radius 3 is 1.49 bits per heavy atom. The minimum Gasteiger partial charge on any atom is -0.481 e. The molecule has 1 fully saturated rings. The van der Waals surface area contributed by atoms with Crippen molar-refractivity contribution in [3.63, 3.8) is 0 Å². The average Bonchev–Trinajstić information content (AvgIpc) is 2.88. The fourth-order valence-corrected chi connectivity index (χ4v) is 4.10. The van der Waals surface area contributed by atoms with Crippen LogP contribution in [-0.4, -0.2) is 46.9 Å². The van der Waals surface area contributed by atoms with Crippen molar-refractivity contribution in [1.82, 2.24) is 0 Å². The molecule has 0 spiro atoms. The molecule has 0 amide bonds. The van der Waals surface area contributed by atoms with Crippen molar-refractivity contribution >= 4 is 5.97 Å². The first-order valence-electron chi connectivity index (χ1n) is 11.6. The fraction of sp³-hybridized carbons (Fsp3) is 0.321. The van der Waals surface area contributed by atoms with Gasteiger partial charge in [-0.15, -0.1) is 0 Å². The molecular weight excluding hydrogens is 448 g/mol. The third-order valence-electron chi connectivity index (χ3n) is 5.84. The molecule has 1 heterocycles. The lowest BCUT2D eigenvalue weighted by Gasteiger charge is -2.44. The van der Waals surface area contributed by atoms with Gasteiger partial charge >= 0.3 is 5.97 Å². The van der Waals surface area contributed by atoms with Gasteiger partial charge in [-0.3, -0.25) is 4.79 Å². The van der Waals surface area contributed by atoms with E-state index in [4.69, 9.17) is 18.9 Å². The number of ether oxygens (including phenoxy) is 4. The predicted molar refractivity (Wildman–Crippen MR) is 128 cm³/mol. The minimum absolute atomic E-state index is 0.228. The summed E-state index contributed by atoms with van der Waals surface area (Å²) in [6.45, 7) is 0.707. The van der Waals surface area contributed by atoms with Crippen molar-refractivity contribution < 1.29 is 34.0 Å². The van der Waals surface area contributed by atoms with E-state index < -0.39 is 36.7 Å². The average molecular weight is 479 g/mol. The number of benzene rings is 3. The van der Waals surface area contributed by atoms with E-state index in [-0.39, 0.29) is 26.2 Å². The summed E-state index contributed by atoms with van der Waals surface area (Å²) in [7, 11) is 0. The molecule has 1 saturated heterocycles. The minimum atomic E-state index is -1.37. The monoisotopic (exact) mass is 478 g/mol. The van der Waals surface area contributed by atoms with Crippen molar-refractivity contribution in [3.8, 4) is 0 Å². The summed E-state index contributed by atoms with van der Waals surface area (Å²) in [6, 6.07) is 28.8. The van der Waals surface area contributed by atoms with Gasteiger partial charge in [0.25, 0.3) is 0 Å². The second kappa shape index (κ2) is 12.6. The fourth-order valence-electron chi connectivity index (χ4n) is 4.10. The van der Waals surface area contributed by atoms with E-state index in [2.05, 4.69) is 0 Å². The van der Waals surface area contributed by atoms with Gasteiger partial charge in [-0.05, 0) is 16.7 Å². The van der Waals surface area contributed by atoms with Gasteiger partial charge in [0, 0.05) is 0 Å². The third kappa shape index (κ3) is 7.21. The molecule has 0 aliphatic carbocycles. The topological polar surface area (TPSA) is 94.5 Å². The van der Waals surface area contributed by atoms with E-state index in [0.29, 0.717) is 0 Å². The molecule has 184 valence electrons. The molecule has 0 saturated carbocycles. The summed E-state index contributed by atoms with van der Waals surface area (Å²) < 4.78 is 24.3. The molecule has 0 bridgehead atoms. The van der Waals surface area contributed by atoms with Crippen LogP contribution >= 0.6 is 0 Å². The molecule has 0 unspecified atom stereocenters. The van der Waals surface area contributed by atoms with Crippen molar-refractivity contribution in [1.29, 1.82) is 0 Å². The zero-order valence-corrected chi connectivity index (χ0v) is 19.3. The number of carboxylic acid groups (broad SMARTS) is 1. The molecule has 5 atom stereocenters. The first-order chi connectivity index (χ1) is 17.1. The molecule has 1 aliphatic heterocycles. The van der Waals surface area contributed by atoms with Crippen LogP contribution in [0, 0.1) is 0 Å². The van der Waals surface area contributed by atoms with Crippen LogP contribution in [0.15, 0.2) is 91.0 Å². The summed E-state index contributed by atoms with van der Waals surface area (Å²) in [5, 5.41) is 20.3. The third-order valence-corrected chi connectivity index (χ3v) is 5.84. The molecule has 0 aromatic heterocycles. The maximum absolute atomic E-state index is 11.6. The van der Waals surface area contributed by atoms with Gasteiger partial charge in [0.1, 0.15) is 24.4 Å². The van der Waals surface area contributed by atoms with Gasteiger partial charge in [0.05, 0.1) is 26.2 Å². The Bertz CT molecular complexity index is 1030. The van der Waals surface area contributed by atoms with E-state index in [9.17, 15) is 15.0 Å². The molecule has 7 nitrogen and oxygen atoms in total. The van der Waals surface area contributed by atoms with Crippen molar-refractivity contribution in [2.45, 2.75) is 56.9 Å². The van der Waals surface area contributed by atoms with Gasteiger partial charge in [-0.1, -0.05) is 91.0 Å². The predicted octanol–water partition coefficient (Wildman–Crippen LogP) is 3.93. The molecule has 1 aliphatic rings. The van der Waals surface area contributed by atoms with Gasteiger partial charge in [0.2, 0.25) is 0 Å². The lowest BCUT2D eigenvalue weighted by atomic mass is 9.95. The van der Waals surface area contributed by atoms with Gasteiger partial charge in [-0.25, -0.2) is 0 Å². The number of aliphatic carboxylic acids is 1. The van der Waals surface area contributed by atoms with E-state index in [0.717, 1.165) is 16.7 Å². The van der Waals surface area contributed by atoms with Crippen LogP contribution in [-0.2, 0) is 43.6 Å². The van der Waals surface area contributed by atoms with E-state index in [1.165, 1.54) is 0 Å². The zero-order chi connectivity index (χ0) is 24.5. The SMILES string of the molecule is O=C(O)C[C@H]1O[C@H](O)[C@H](OCc2ccccc2)[C@@H](OCc2ccccc2)[C@@H]1OCc1ccccc1. The molecule has 2 N–H and O–H groups in total. The Balaban J connectivity index is 1.57. The molecule has 7 heteroatoms. The highest BCUT2D eigenvalue weighted by molar-refractivity contribution is 5.67. The maximum atomic E-state index is 11.6. The number of hydrogen-bond acceptors (Lipinski definition) is 6. The Morgan fingerprint density at radius 1 is 0.657 bits per heavy atom. The van der Waals surface area contributed by atoms with Gasteiger partial charge in [0.15, 0.2) is 6.29 Å². The molecule has 35 heavy (non-hydrogen) atoms. The molecular formula is C28H30O7. The smallest absolute Gasteiger partial charge is 0.306 e. The van der Waals surface area contributed by atoms with Crippen molar-refractivity contribution in [2.24, 2.45) is 0 Å². The van der Waals surface area contributed by atoms with Gasteiger partial charge < -0.3 is 29.2 Å². The first kappa shape index (κ1) is 25.0. The summed E-state index contributed by atoms with van der Waals surface area (Å²) in [4.78, 5) is 11.6. The normalized spacial score (nSPS) is 24.2. The lowest BCUT2D eigenvalue weighted by Crippen LogP contribution is -2.60. The number of carboxylic acids is 1. The standard InChI is InChI=1S/C28H30O7/c29-24(30)16-23-25(32-17-20-10-4-1-5-11-20)26(33-18-21-12-6-2-7-13-21)27(28(31)35-23)34-19-22-14-8-3-9-15-22/h1-15,23,25-28,31H,16-19H2,(H,29,30)/t23-,25-,26+,27-,28+/m1/s1. The highest BCUT2D eigenvalue weighted by Gasteiger charge is 2.48. The summed E-state index contributed by atoms with van der Waals surface area (Å²) >= 11 is 0. The second-order valence-electron chi connectivity index (χ2n) is 8.45. The van der Waals surface area contributed by atoms with Crippen LogP contribution in [0.4, 0.5) is 0 Å². The van der Waals surface area contributed by atoms with Crippen LogP contribution in [0.2, 0.25) is 0 Å². The number of aliphatic hydroxyl groups excluding tert-OH is 1. The van der Waals surface area contributed by atoms with Crippen LogP contribution in [0.25, 0.3) is 0 Å². The molecule has 4 rings (SSSR count). The van der Waals surface area contributed by atoms with Crippen LogP contribution in [0.5, 0.6) is 0 Å². The number of hydrogen-bond donors (Lipinski definition) is 2. The Morgan fingerprint density at radius 2 is 1.06 bits per heavy atom. The maximum Gasteiger partial charge on any atom is 0.306 e. The van der Waals surface area contributed by atoms with E-state index >= 15 is 0 Å². The van der Waals surface area contributed by atoms with E-state index in [1.54, 1.807) is 0 Å². The Kier molecular flexibility index (Phi) is 9.00. The Hall–Kier alpha value is -3.07. The summed E-state index contributed by atoms with van der Waals surface area (Å²) in [6.07, 6.45) is -5.06. The van der Waals surface area contributed by atoms with Gasteiger partial charge in [-0.2, -0.15) is 0 Å². The lowest BCUT2D eigenvalue weighted by molar-refractivity contribution is -0.311. The number of rotatable bonds is 11. The molecule has 3 aromatic carbocycles. The number of carbonyl (C=O) groups is 1. The first-order valence-corrected chi connectivity index (χ1v) is 11.6. The molecule has 3 aromatic rings. The summed E-state index contributed by atoms with van der Waals surface area (Å²) in [5.74, 6) is -1.05. The number of aliphatic hydroxyl groups is 1. The van der Waals surface area contributed by atoms with E-state index in [1.807, 2.05) is 91.0 Å². The highest BCUT2D eigenvalue weighted by Crippen LogP contribution is 2.31. The molecule has 0 radical (unpaired) electrons. The largest absolute Gasteiger partial charge is 0.481 e. The Labute approximate surface area is 204 Å². The van der Waals surface area contributed by atoms with Crippen LogP contribution < -0.4 is 0 Å². The highest BCUT2D eigenvalue weighted by atomic mass is 16.7. The quantitative estimate of drug-likeness (QED) is 0.431. The van der Waals surface area contributed by atoms with Crippen molar-refractivity contribution in [2.75, 3.05) is 0 Å². The zero-order valence-electron chi connectivity index (χ0n) is 19.3. The summed E-state index contributed by atoms with van der Waals surface area (Å²) in [5.41, 5.74) is 2.79.